The first-order valence-electron chi connectivity index (χ1n) is 9.38. The van der Waals surface area contributed by atoms with Gasteiger partial charge in [-0.05, 0) is 45.9 Å². The van der Waals surface area contributed by atoms with Gasteiger partial charge >= 0.3 is 0 Å². The molecule has 1 N–H and O–H groups in total. The van der Waals surface area contributed by atoms with E-state index in [1.54, 1.807) is 23.0 Å². The van der Waals surface area contributed by atoms with Crippen molar-refractivity contribution >= 4 is 17.5 Å². The molecule has 1 amide bonds. The molecular weight excluding hydrogens is 388 g/mol. The summed E-state index contributed by atoms with van der Waals surface area (Å²) in [6.07, 6.45) is 3.63. The molecule has 3 rings (SSSR count). The summed E-state index contributed by atoms with van der Waals surface area (Å²) >= 11 is 6.11. The molecule has 0 fully saturated rings. The van der Waals surface area contributed by atoms with Crippen LogP contribution in [0.2, 0.25) is 5.02 Å². The van der Waals surface area contributed by atoms with E-state index in [0.29, 0.717) is 22.8 Å². The van der Waals surface area contributed by atoms with Crippen LogP contribution in [0.25, 0.3) is 11.3 Å². The Kier molecular flexibility index (Phi) is 6.04. The zero-order valence-electron chi connectivity index (χ0n) is 16.8. The van der Waals surface area contributed by atoms with Crippen molar-refractivity contribution in [2.75, 3.05) is 0 Å². The van der Waals surface area contributed by atoms with Crippen LogP contribution >= 0.6 is 11.6 Å². The van der Waals surface area contributed by atoms with E-state index >= 15 is 0 Å². The van der Waals surface area contributed by atoms with Crippen molar-refractivity contribution in [1.29, 1.82) is 5.26 Å². The minimum atomic E-state index is -0.203. The quantitative estimate of drug-likeness (QED) is 0.665. The molecule has 0 saturated heterocycles. The lowest BCUT2D eigenvalue weighted by molar-refractivity contribution is 0.0931. The zero-order valence-corrected chi connectivity index (χ0v) is 17.6. The lowest BCUT2D eigenvalue weighted by Crippen LogP contribution is -2.36. The number of benzene rings is 1. The number of hydrogen-bond acceptors (Lipinski definition) is 4. The van der Waals surface area contributed by atoms with Gasteiger partial charge in [0.25, 0.3) is 5.91 Å². The molecule has 1 atom stereocenters. The summed E-state index contributed by atoms with van der Waals surface area (Å²) in [5.74, 6) is 0.613. The summed E-state index contributed by atoms with van der Waals surface area (Å²) in [7, 11) is 0. The molecule has 0 aliphatic rings. The Bertz CT molecular complexity index is 1080. The van der Waals surface area contributed by atoms with Gasteiger partial charge in [-0.1, -0.05) is 17.7 Å². The first kappa shape index (κ1) is 20.6. The highest BCUT2D eigenvalue weighted by Gasteiger charge is 2.16. The van der Waals surface area contributed by atoms with Crippen molar-refractivity contribution in [3.63, 3.8) is 0 Å². The Morgan fingerprint density at radius 3 is 2.69 bits per heavy atom. The smallest absolute Gasteiger partial charge is 0.271 e. The van der Waals surface area contributed by atoms with Crippen LogP contribution in [0.15, 0.2) is 36.7 Å². The van der Waals surface area contributed by atoms with Crippen LogP contribution in [-0.2, 0) is 6.54 Å². The summed E-state index contributed by atoms with van der Waals surface area (Å²) < 4.78 is 3.74. The number of imidazole rings is 1. The standard InChI is InChI=1S/C21H23ClN6O/c1-13(2)28-12-20(25-15(28)4)21(29)24-14(3)11-27-8-7-19(26-27)16-5-6-17(10-23)18(22)9-16/h5-9,12-14H,11H2,1-4H3,(H,24,29)/t14-/m0/s1. The molecule has 0 saturated carbocycles. The molecule has 2 aromatic heterocycles. The fourth-order valence-electron chi connectivity index (χ4n) is 3.12. The molecule has 1 aromatic carbocycles. The Morgan fingerprint density at radius 2 is 2.07 bits per heavy atom. The minimum absolute atomic E-state index is 0.135. The van der Waals surface area contributed by atoms with Gasteiger partial charge in [-0.2, -0.15) is 10.4 Å². The molecule has 7 nitrogen and oxygen atoms in total. The maximum Gasteiger partial charge on any atom is 0.271 e. The van der Waals surface area contributed by atoms with Crippen LogP contribution in [0.1, 0.15) is 48.7 Å². The summed E-state index contributed by atoms with van der Waals surface area (Å²) in [5, 5.41) is 16.9. The van der Waals surface area contributed by atoms with Gasteiger partial charge in [-0.25, -0.2) is 4.98 Å². The number of rotatable bonds is 6. The fraction of sp³-hybridized carbons (Fsp3) is 0.333. The van der Waals surface area contributed by atoms with Crippen LogP contribution in [0.4, 0.5) is 0 Å². The molecule has 8 heteroatoms. The summed E-state index contributed by atoms with van der Waals surface area (Å²) in [6, 6.07) is 9.25. The number of nitrogens with one attached hydrogen (secondary N) is 1. The molecule has 0 radical (unpaired) electrons. The second kappa shape index (κ2) is 8.50. The van der Waals surface area contributed by atoms with Gasteiger partial charge in [0.1, 0.15) is 17.6 Å². The number of nitrogens with zero attached hydrogens (tertiary/aromatic N) is 5. The Labute approximate surface area is 174 Å². The highest BCUT2D eigenvalue weighted by atomic mass is 35.5. The summed E-state index contributed by atoms with van der Waals surface area (Å²) in [6.45, 7) is 8.43. The second-order valence-electron chi connectivity index (χ2n) is 7.28. The molecule has 0 aliphatic carbocycles. The number of nitriles is 1. The van der Waals surface area contributed by atoms with E-state index in [0.717, 1.165) is 17.1 Å². The van der Waals surface area contributed by atoms with Crippen LogP contribution < -0.4 is 5.32 Å². The predicted molar refractivity (Wildman–Crippen MR) is 112 cm³/mol. The van der Waals surface area contributed by atoms with Crippen molar-refractivity contribution < 1.29 is 4.79 Å². The average Bonchev–Trinajstić information content (AvgIpc) is 3.28. The first-order chi connectivity index (χ1) is 13.8. The van der Waals surface area contributed by atoms with E-state index in [1.807, 2.05) is 42.8 Å². The molecule has 0 unspecified atom stereocenters. The van der Waals surface area contributed by atoms with Crippen molar-refractivity contribution in [2.45, 2.75) is 46.3 Å². The fourth-order valence-corrected chi connectivity index (χ4v) is 3.35. The van der Waals surface area contributed by atoms with Gasteiger partial charge in [0.2, 0.25) is 0 Å². The largest absolute Gasteiger partial charge is 0.346 e. The van der Waals surface area contributed by atoms with Gasteiger partial charge in [0, 0.05) is 30.0 Å². The topological polar surface area (TPSA) is 88.5 Å². The lowest BCUT2D eigenvalue weighted by atomic mass is 10.1. The SMILES string of the molecule is Cc1nc(C(=O)N[C@@H](C)Cn2ccc(-c3ccc(C#N)c(Cl)c3)n2)cn1C(C)C. The number of hydrogen-bond donors (Lipinski definition) is 1. The molecule has 150 valence electrons. The van der Waals surface area contributed by atoms with E-state index < -0.39 is 0 Å². The molecule has 0 spiro atoms. The van der Waals surface area contributed by atoms with Crippen molar-refractivity contribution in [2.24, 2.45) is 0 Å². The molecule has 3 aromatic rings. The third-order valence-corrected chi connectivity index (χ3v) is 4.88. The Balaban J connectivity index is 1.65. The first-order valence-corrected chi connectivity index (χ1v) is 9.76. The Morgan fingerprint density at radius 1 is 1.31 bits per heavy atom. The van der Waals surface area contributed by atoms with E-state index in [2.05, 4.69) is 29.2 Å². The maximum atomic E-state index is 12.5. The summed E-state index contributed by atoms with van der Waals surface area (Å²) in [4.78, 5) is 16.9. The molecule has 29 heavy (non-hydrogen) atoms. The highest BCUT2D eigenvalue weighted by molar-refractivity contribution is 6.32. The molecule has 0 bridgehead atoms. The normalized spacial score (nSPS) is 12.0. The third-order valence-electron chi connectivity index (χ3n) is 4.57. The average molecular weight is 411 g/mol. The number of carbonyl (C=O) groups is 1. The molecule has 2 heterocycles. The number of carbonyl (C=O) groups excluding carboxylic acids is 1. The molecular formula is C21H23ClN6O. The van der Waals surface area contributed by atoms with Gasteiger partial charge in [0.05, 0.1) is 22.8 Å². The van der Waals surface area contributed by atoms with E-state index in [1.165, 1.54) is 0 Å². The van der Waals surface area contributed by atoms with Gasteiger partial charge in [-0.15, -0.1) is 0 Å². The van der Waals surface area contributed by atoms with E-state index in [4.69, 9.17) is 16.9 Å². The zero-order chi connectivity index (χ0) is 21.1. The number of aromatic nitrogens is 4. The lowest BCUT2D eigenvalue weighted by Gasteiger charge is -2.13. The van der Waals surface area contributed by atoms with Crippen molar-refractivity contribution in [1.82, 2.24) is 24.6 Å². The van der Waals surface area contributed by atoms with Gasteiger partial charge in [-0.3, -0.25) is 9.48 Å². The van der Waals surface area contributed by atoms with Crippen molar-refractivity contribution in [3.8, 4) is 17.3 Å². The number of amides is 1. The number of halogens is 1. The monoisotopic (exact) mass is 410 g/mol. The van der Waals surface area contributed by atoms with Crippen molar-refractivity contribution in [3.05, 3.63) is 58.8 Å². The predicted octanol–water partition coefficient (Wildman–Crippen LogP) is 3.98. The second-order valence-corrected chi connectivity index (χ2v) is 7.69. The highest BCUT2D eigenvalue weighted by Crippen LogP contribution is 2.24. The molecule has 0 aliphatic heterocycles. The maximum absolute atomic E-state index is 12.5. The van der Waals surface area contributed by atoms with Crippen LogP contribution in [0.5, 0.6) is 0 Å². The Hall–Kier alpha value is -3.11. The van der Waals surface area contributed by atoms with E-state index in [-0.39, 0.29) is 18.0 Å². The summed E-state index contributed by atoms with van der Waals surface area (Å²) in [5.41, 5.74) is 2.43. The number of aryl methyl sites for hydroxylation is 1. The van der Waals surface area contributed by atoms with Gasteiger partial charge < -0.3 is 9.88 Å². The van der Waals surface area contributed by atoms with Crippen LogP contribution in [0, 0.1) is 18.3 Å². The minimum Gasteiger partial charge on any atom is -0.346 e. The third kappa shape index (κ3) is 4.66. The van der Waals surface area contributed by atoms with Gasteiger partial charge in [0.15, 0.2) is 0 Å². The van der Waals surface area contributed by atoms with Crippen LogP contribution in [0.3, 0.4) is 0 Å². The van der Waals surface area contributed by atoms with Crippen LogP contribution in [-0.4, -0.2) is 31.3 Å². The van der Waals surface area contributed by atoms with E-state index in [9.17, 15) is 4.79 Å².